The lowest BCUT2D eigenvalue weighted by molar-refractivity contribution is -0.167. The van der Waals surface area contributed by atoms with Gasteiger partial charge in [-0.2, -0.15) is 0 Å². The third kappa shape index (κ3) is 3.63. The third-order valence-electron chi connectivity index (χ3n) is 5.01. The van der Waals surface area contributed by atoms with Crippen LogP contribution in [0.25, 0.3) is 0 Å². The van der Waals surface area contributed by atoms with Gasteiger partial charge in [-0.05, 0) is 24.6 Å². The van der Waals surface area contributed by atoms with Gasteiger partial charge in [0.05, 0.1) is 22.7 Å². The van der Waals surface area contributed by atoms with Crippen LogP contribution in [-0.4, -0.2) is 42.8 Å². The van der Waals surface area contributed by atoms with Crippen LogP contribution in [0, 0.1) is 11.2 Å². The summed E-state index contributed by atoms with van der Waals surface area (Å²) in [6.07, 6.45) is 5.48. The van der Waals surface area contributed by atoms with Crippen LogP contribution >= 0.6 is 0 Å². The average Bonchev–Trinajstić information content (AvgIpc) is 2.64. The van der Waals surface area contributed by atoms with E-state index in [9.17, 15) is 29.3 Å². The van der Waals surface area contributed by atoms with Crippen LogP contribution in [0.4, 0.5) is 4.39 Å². The number of rotatable bonds is 5. The minimum Gasteiger partial charge on any atom is -0.481 e. The fraction of sp³-hybridized carbons (Fsp3) is 0.300. The Bertz CT molecular complexity index is 929. The van der Waals surface area contributed by atoms with Crippen molar-refractivity contribution in [3.63, 3.8) is 0 Å². The monoisotopic (exact) mass is 386 g/mol. The number of aliphatic hydroxyl groups is 1. The van der Waals surface area contributed by atoms with Crippen molar-refractivity contribution in [2.75, 3.05) is 0 Å². The van der Waals surface area contributed by atoms with Crippen LogP contribution < -0.4 is 0 Å². The molecule has 2 aromatic rings. The van der Waals surface area contributed by atoms with E-state index in [4.69, 9.17) is 0 Å². The molecule has 0 fully saturated rings. The molecule has 0 radical (unpaired) electrons. The SMILES string of the molecule is CC1(C(=O)O)C=CC(c2cnc(Cc3ccc(F)cc3)cn2)C(O)(C(=O)O)C1. The summed E-state index contributed by atoms with van der Waals surface area (Å²) in [7, 11) is 0. The molecule has 146 valence electrons. The molecule has 1 aromatic heterocycles. The zero-order valence-corrected chi connectivity index (χ0v) is 15.0. The molecule has 0 aliphatic heterocycles. The minimum absolute atomic E-state index is 0.219. The number of carboxylic acid groups (broad SMARTS) is 2. The van der Waals surface area contributed by atoms with Crippen molar-refractivity contribution in [2.45, 2.75) is 31.3 Å². The first-order valence-corrected chi connectivity index (χ1v) is 8.58. The number of nitrogens with zero attached hydrogens (tertiary/aromatic N) is 2. The predicted molar refractivity (Wildman–Crippen MR) is 96.1 cm³/mol. The van der Waals surface area contributed by atoms with Crippen LogP contribution in [0.1, 0.15) is 36.2 Å². The second-order valence-corrected chi connectivity index (χ2v) is 7.20. The van der Waals surface area contributed by atoms with E-state index in [0.29, 0.717) is 12.1 Å². The number of aliphatic carboxylic acids is 2. The van der Waals surface area contributed by atoms with Crippen LogP contribution in [0.3, 0.4) is 0 Å². The Balaban J connectivity index is 1.88. The topological polar surface area (TPSA) is 121 Å². The average molecular weight is 386 g/mol. The molecule has 7 nitrogen and oxygen atoms in total. The maximum absolute atomic E-state index is 13.0. The normalized spacial score (nSPS) is 26.8. The van der Waals surface area contributed by atoms with Gasteiger partial charge in [0.2, 0.25) is 0 Å². The first-order chi connectivity index (χ1) is 13.1. The van der Waals surface area contributed by atoms with Crippen molar-refractivity contribution < 1.29 is 29.3 Å². The number of hydrogen-bond donors (Lipinski definition) is 3. The molecule has 1 aliphatic rings. The highest BCUT2D eigenvalue weighted by Crippen LogP contribution is 2.44. The van der Waals surface area contributed by atoms with Crippen molar-refractivity contribution in [3.05, 3.63) is 71.6 Å². The lowest BCUT2D eigenvalue weighted by atomic mass is 9.67. The molecule has 1 aliphatic carbocycles. The van der Waals surface area contributed by atoms with Gasteiger partial charge in [0.1, 0.15) is 5.82 Å². The number of benzene rings is 1. The predicted octanol–water partition coefficient (Wildman–Crippen LogP) is 2.16. The largest absolute Gasteiger partial charge is 0.481 e. The van der Waals surface area contributed by atoms with E-state index in [-0.39, 0.29) is 11.5 Å². The summed E-state index contributed by atoms with van der Waals surface area (Å²) in [5.74, 6) is -4.12. The molecular formula is C20H19FN2O5. The number of hydrogen-bond acceptors (Lipinski definition) is 5. The Labute approximate surface area is 160 Å². The van der Waals surface area contributed by atoms with Crippen LogP contribution in [0.15, 0.2) is 48.8 Å². The first kappa shape index (κ1) is 19.6. The summed E-state index contributed by atoms with van der Waals surface area (Å²) < 4.78 is 13.0. The molecule has 1 aromatic carbocycles. The van der Waals surface area contributed by atoms with Gasteiger partial charge in [0, 0.05) is 25.2 Å². The van der Waals surface area contributed by atoms with Crippen LogP contribution in [0.5, 0.6) is 0 Å². The van der Waals surface area contributed by atoms with Gasteiger partial charge in [0.25, 0.3) is 0 Å². The zero-order chi connectivity index (χ0) is 20.5. The molecule has 0 saturated carbocycles. The summed E-state index contributed by atoms with van der Waals surface area (Å²) in [5, 5.41) is 29.7. The molecule has 3 unspecified atom stereocenters. The summed E-state index contributed by atoms with van der Waals surface area (Å²) in [6.45, 7) is 1.35. The van der Waals surface area contributed by atoms with Gasteiger partial charge in [0.15, 0.2) is 5.60 Å². The lowest BCUT2D eigenvalue weighted by Gasteiger charge is -2.39. The first-order valence-electron chi connectivity index (χ1n) is 8.58. The second kappa shape index (κ2) is 7.12. The molecule has 0 spiro atoms. The van der Waals surface area contributed by atoms with E-state index in [1.54, 1.807) is 12.1 Å². The van der Waals surface area contributed by atoms with E-state index < -0.39 is 35.3 Å². The highest BCUT2D eigenvalue weighted by molar-refractivity contribution is 5.84. The van der Waals surface area contributed by atoms with E-state index in [1.165, 1.54) is 43.6 Å². The quantitative estimate of drug-likeness (QED) is 0.673. The number of carbonyl (C=O) groups is 2. The Morgan fingerprint density at radius 2 is 1.82 bits per heavy atom. The van der Waals surface area contributed by atoms with Gasteiger partial charge < -0.3 is 15.3 Å². The highest BCUT2D eigenvalue weighted by atomic mass is 19.1. The van der Waals surface area contributed by atoms with Crippen molar-refractivity contribution in [3.8, 4) is 0 Å². The molecule has 3 N–H and O–H groups in total. The summed E-state index contributed by atoms with van der Waals surface area (Å²) in [5.41, 5.74) is -2.18. The minimum atomic E-state index is -2.32. The second-order valence-electron chi connectivity index (χ2n) is 7.20. The highest BCUT2D eigenvalue weighted by Gasteiger charge is 2.53. The van der Waals surface area contributed by atoms with Gasteiger partial charge >= 0.3 is 11.9 Å². The van der Waals surface area contributed by atoms with Gasteiger partial charge in [-0.25, -0.2) is 9.18 Å². The van der Waals surface area contributed by atoms with Gasteiger partial charge in [-0.1, -0.05) is 24.3 Å². The molecule has 0 bridgehead atoms. The van der Waals surface area contributed by atoms with E-state index in [2.05, 4.69) is 9.97 Å². The number of carboxylic acids is 2. The van der Waals surface area contributed by atoms with Gasteiger partial charge in [-0.3, -0.25) is 14.8 Å². The van der Waals surface area contributed by atoms with E-state index in [1.807, 2.05) is 0 Å². The lowest BCUT2D eigenvalue weighted by Crippen LogP contribution is -2.51. The molecule has 0 saturated heterocycles. The maximum atomic E-state index is 13.0. The summed E-state index contributed by atoms with van der Waals surface area (Å²) in [4.78, 5) is 31.7. The van der Waals surface area contributed by atoms with Gasteiger partial charge in [-0.15, -0.1) is 0 Å². The fourth-order valence-electron chi connectivity index (χ4n) is 3.32. The van der Waals surface area contributed by atoms with E-state index in [0.717, 1.165) is 5.56 Å². The number of aromatic nitrogens is 2. The number of halogens is 1. The van der Waals surface area contributed by atoms with Crippen molar-refractivity contribution >= 4 is 11.9 Å². The molecule has 0 amide bonds. The standard InChI is InChI=1S/C20H19FN2O5/c1-19(17(24)25)7-6-15(20(28,11-19)18(26)27)16-10-22-14(9-23-16)8-12-2-4-13(21)5-3-12/h2-7,9-10,15,28H,8,11H2,1H3,(H,24,25)(H,26,27). The molecule has 3 rings (SSSR count). The summed E-state index contributed by atoms with van der Waals surface area (Å²) >= 11 is 0. The fourth-order valence-corrected chi connectivity index (χ4v) is 3.32. The van der Waals surface area contributed by atoms with Crippen molar-refractivity contribution in [2.24, 2.45) is 5.41 Å². The van der Waals surface area contributed by atoms with Crippen molar-refractivity contribution in [1.29, 1.82) is 0 Å². The smallest absolute Gasteiger partial charge is 0.336 e. The molecule has 1 heterocycles. The van der Waals surface area contributed by atoms with Crippen LogP contribution in [0.2, 0.25) is 0 Å². The van der Waals surface area contributed by atoms with E-state index >= 15 is 0 Å². The molecule has 3 atom stereocenters. The Kier molecular flexibility index (Phi) is 4.99. The summed E-state index contributed by atoms with van der Waals surface area (Å²) in [6, 6.07) is 5.95. The Morgan fingerprint density at radius 1 is 1.14 bits per heavy atom. The zero-order valence-electron chi connectivity index (χ0n) is 15.0. The molecule has 8 heteroatoms. The molecule has 28 heavy (non-hydrogen) atoms. The molecular weight excluding hydrogens is 367 g/mol. The third-order valence-corrected chi connectivity index (χ3v) is 5.01. The Morgan fingerprint density at radius 3 is 2.36 bits per heavy atom. The Hall–Kier alpha value is -3.13. The maximum Gasteiger partial charge on any atom is 0.336 e. The van der Waals surface area contributed by atoms with Crippen molar-refractivity contribution in [1.82, 2.24) is 9.97 Å². The van der Waals surface area contributed by atoms with Crippen LogP contribution in [-0.2, 0) is 16.0 Å².